The molecular formula is C11H19NO5. The van der Waals surface area contributed by atoms with E-state index in [0.717, 1.165) is 12.8 Å². The molecule has 17 heavy (non-hydrogen) atoms. The molecule has 1 atom stereocenters. The highest BCUT2D eigenvalue weighted by Gasteiger charge is 2.32. The summed E-state index contributed by atoms with van der Waals surface area (Å²) in [7, 11) is 0. The van der Waals surface area contributed by atoms with E-state index in [4.69, 9.17) is 9.84 Å². The van der Waals surface area contributed by atoms with Gasteiger partial charge >= 0.3 is 12.2 Å². The molecule has 0 aromatic heterocycles. The summed E-state index contributed by atoms with van der Waals surface area (Å²) < 4.78 is 9.88. The quantitative estimate of drug-likeness (QED) is 0.718. The second-order valence-corrected chi connectivity index (χ2v) is 5.01. The van der Waals surface area contributed by atoms with Crippen LogP contribution in [0.5, 0.6) is 0 Å². The fraction of sp³-hybridized carbons (Fsp3) is 0.818. The lowest BCUT2D eigenvalue weighted by molar-refractivity contribution is -0.0633. The Balaban J connectivity index is 2.64. The summed E-state index contributed by atoms with van der Waals surface area (Å²) in [5.41, 5.74) is -0.595. The number of rotatable bonds is 1. The van der Waals surface area contributed by atoms with Gasteiger partial charge < -0.3 is 14.6 Å². The first kappa shape index (κ1) is 13.6. The van der Waals surface area contributed by atoms with Gasteiger partial charge in [0.05, 0.1) is 0 Å². The SMILES string of the molecule is CC(C)(C)OC(=O)N1CCCC[C@@H]1OC(=O)O. The molecule has 1 saturated heterocycles. The second-order valence-electron chi connectivity index (χ2n) is 5.01. The molecule has 1 fully saturated rings. The summed E-state index contributed by atoms with van der Waals surface area (Å²) in [5.74, 6) is 0. The molecule has 1 N–H and O–H groups in total. The lowest BCUT2D eigenvalue weighted by Gasteiger charge is -2.35. The van der Waals surface area contributed by atoms with E-state index in [9.17, 15) is 9.59 Å². The zero-order valence-electron chi connectivity index (χ0n) is 10.4. The Morgan fingerprint density at radius 1 is 1.29 bits per heavy atom. The normalized spacial score (nSPS) is 20.9. The van der Waals surface area contributed by atoms with Crippen molar-refractivity contribution in [3.05, 3.63) is 0 Å². The molecule has 0 aromatic rings. The molecule has 0 unspecified atom stereocenters. The van der Waals surface area contributed by atoms with Crippen molar-refractivity contribution >= 4 is 12.2 Å². The van der Waals surface area contributed by atoms with Crippen LogP contribution in [0.2, 0.25) is 0 Å². The van der Waals surface area contributed by atoms with Crippen LogP contribution in [0, 0.1) is 0 Å². The predicted molar refractivity (Wildman–Crippen MR) is 59.7 cm³/mol. The van der Waals surface area contributed by atoms with Crippen molar-refractivity contribution in [2.45, 2.75) is 51.9 Å². The number of carbonyl (C=O) groups is 2. The van der Waals surface area contributed by atoms with Gasteiger partial charge in [0.1, 0.15) is 5.60 Å². The summed E-state index contributed by atoms with van der Waals surface area (Å²) >= 11 is 0. The molecule has 1 rings (SSSR count). The summed E-state index contributed by atoms with van der Waals surface area (Å²) in [6.07, 6.45) is -0.424. The highest BCUT2D eigenvalue weighted by molar-refractivity contribution is 5.69. The van der Waals surface area contributed by atoms with E-state index in [0.29, 0.717) is 13.0 Å². The molecule has 1 heterocycles. The Bertz CT molecular complexity index is 297. The number of likely N-dealkylation sites (tertiary alicyclic amines) is 1. The van der Waals surface area contributed by atoms with Gasteiger partial charge in [-0.3, -0.25) is 4.90 Å². The number of piperidine rings is 1. The van der Waals surface area contributed by atoms with E-state index in [2.05, 4.69) is 4.74 Å². The molecule has 1 amide bonds. The minimum Gasteiger partial charge on any atom is -0.450 e. The molecule has 0 saturated carbocycles. The molecule has 0 aromatic carbocycles. The van der Waals surface area contributed by atoms with Crippen LogP contribution < -0.4 is 0 Å². The molecule has 0 bridgehead atoms. The molecule has 0 spiro atoms. The van der Waals surface area contributed by atoms with Gasteiger partial charge in [0, 0.05) is 13.0 Å². The number of amides is 1. The lowest BCUT2D eigenvalue weighted by Crippen LogP contribution is -2.47. The van der Waals surface area contributed by atoms with Crippen molar-refractivity contribution in [3.63, 3.8) is 0 Å². The van der Waals surface area contributed by atoms with Gasteiger partial charge in [-0.2, -0.15) is 0 Å². The second kappa shape index (κ2) is 5.25. The lowest BCUT2D eigenvalue weighted by atomic mass is 10.1. The Morgan fingerprint density at radius 2 is 1.94 bits per heavy atom. The average molecular weight is 245 g/mol. The minimum atomic E-state index is -1.37. The van der Waals surface area contributed by atoms with Crippen LogP contribution in [-0.2, 0) is 9.47 Å². The van der Waals surface area contributed by atoms with E-state index < -0.39 is 24.1 Å². The molecule has 98 valence electrons. The highest BCUT2D eigenvalue weighted by atomic mass is 16.7. The maximum Gasteiger partial charge on any atom is 0.507 e. The number of ether oxygens (including phenoxy) is 2. The zero-order chi connectivity index (χ0) is 13.1. The van der Waals surface area contributed by atoms with E-state index in [-0.39, 0.29) is 0 Å². The largest absolute Gasteiger partial charge is 0.507 e. The first-order valence-corrected chi connectivity index (χ1v) is 5.69. The maximum atomic E-state index is 11.8. The van der Waals surface area contributed by atoms with E-state index >= 15 is 0 Å². The molecule has 6 heteroatoms. The van der Waals surface area contributed by atoms with Crippen LogP contribution in [-0.4, -0.2) is 40.6 Å². The molecule has 1 aliphatic heterocycles. The molecule has 6 nitrogen and oxygen atoms in total. The number of nitrogens with zero attached hydrogens (tertiary/aromatic N) is 1. The van der Waals surface area contributed by atoms with Gasteiger partial charge in [0.15, 0.2) is 6.23 Å². The van der Waals surface area contributed by atoms with Crippen molar-refractivity contribution in [2.24, 2.45) is 0 Å². The van der Waals surface area contributed by atoms with E-state index in [1.54, 1.807) is 20.8 Å². The smallest absolute Gasteiger partial charge is 0.450 e. The predicted octanol–water partition coefficient (Wildman–Crippen LogP) is 2.43. The van der Waals surface area contributed by atoms with Crippen LogP contribution in [0.4, 0.5) is 9.59 Å². The topological polar surface area (TPSA) is 76.1 Å². The van der Waals surface area contributed by atoms with Gasteiger partial charge in [0.2, 0.25) is 0 Å². The molecule has 0 radical (unpaired) electrons. The maximum absolute atomic E-state index is 11.8. The van der Waals surface area contributed by atoms with E-state index in [1.807, 2.05) is 0 Å². The summed E-state index contributed by atoms with van der Waals surface area (Å²) in [6.45, 7) is 5.76. The van der Waals surface area contributed by atoms with Crippen LogP contribution in [0.25, 0.3) is 0 Å². The van der Waals surface area contributed by atoms with Gasteiger partial charge in [-0.1, -0.05) is 0 Å². The van der Waals surface area contributed by atoms with Gasteiger partial charge in [-0.15, -0.1) is 0 Å². The Morgan fingerprint density at radius 3 is 2.47 bits per heavy atom. The van der Waals surface area contributed by atoms with Gasteiger partial charge in [0.25, 0.3) is 0 Å². The Kier molecular flexibility index (Phi) is 4.20. The first-order valence-electron chi connectivity index (χ1n) is 5.69. The van der Waals surface area contributed by atoms with E-state index in [1.165, 1.54) is 4.90 Å². The van der Waals surface area contributed by atoms with Crippen molar-refractivity contribution in [1.82, 2.24) is 4.90 Å². The standard InChI is InChI=1S/C11H19NO5/c1-11(2,3)17-9(13)12-7-5-4-6-8(12)16-10(14)15/h8H,4-7H2,1-3H3,(H,14,15)/t8-/m0/s1. The van der Waals surface area contributed by atoms with Gasteiger partial charge in [-0.25, -0.2) is 9.59 Å². The van der Waals surface area contributed by atoms with Crippen LogP contribution in [0.1, 0.15) is 40.0 Å². The number of hydrogen-bond acceptors (Lipinski definition) is 4. The summed E-state index contributed by atoms with van der Waals surface area (Å²) in [4.78, 5) is 23.7. The fourth-order valence-electron chi connectivity index (χ4n) is 1.67. The van der Waals surface area contributed by atoms with Crippen molar-refractivity contribution in [1.29, 1.82) is 0 Å². The van der Waals surface area contributed by atoms with Crippen LogP contribution in [0.15, 0.2) is 0 Å². The third-order valence-corrected chi connectivity index (χ3v) is 2.31. The highest BCUT2D eigenvalue weighted by Crippen LogP contribution is 2.21. The monoisotopic (exact) mass is 245 g/mol. The zero-order valence-corrected chi connectivity index (χ0v) is 10.4. The van der Waals surface area contributed by atoms with Crippen LogP contribution in [0.3, 0.4) is 0 Å². The van der Waals surface area contributed by atoms with Crippen molar-refractivity contribution in [2.75, 3.05) is 6.54 Å². The number of carbonyl (C=O) groups excluding carboxylic acids is 1. The summed E-state index contributed by atoms with van der Waals surface area (Å²) in [5, 5.41) is 8.60. The molecule has 0 aliphatic carbocycles. The van der Waals surface area contributed by atoms with Gasteiger partial charge in [-0.05, 0) is 33.6 Å². The molecule has 1 aliphatic rings. The third kappa shape index (κ3) is 4.50. The van der Waals surface area contributed by atoms with Crippen molar-refractivity contribution < 1.29 is 24.2 Å². The fourth-order valence-corrected chi connectivity index (χ4v) is 1.67. The molecular weight excluding hydrogens is 226 g/mol. The number of carboxylic acid groups (broad SMARTS) is 1. The minimum absolute atomic E-state index is 0.465. The number of hydrogen-bond donors (Lipinski definition) is 1. The van der Waals surface area contributed by atoms with Crippen LogP contribution >= 0.6 is 0 Å². The Hall–Kier alpha value is -1.46. The first-order chi connectivity index (χ1) is 7.79. The van der Waals surface area contributed by atoms with Crippen molar-refractivity contribution in [3.8, 4) is 0 Å². The Labute approximate surface area is 100 Å². The average Bonchev–Trinajstić information content (AvgIpc) is 2.14. The summed E-state index contributed by atoms with van der Waals surface area (Å²) in [6, 6.07) is 0. The third-order valence-electron chi connectivity index (χ3n) is 2.31.